The second kappa shape index (κ2) is 7.25. The highest BCUT2D eigenvalue weighted by atomic mass is 32.1. The number of carbonyl (C=O) groups is 1. The fraction of sp³-hybridized carbons (Fsp3) is 0.182. The third kappa shape index (κ3) is 3.34. The minimum absolute atomic E-state index is 0.311. The Hall–Kier alpha value is -3.32. The van der Waals surface area contributed by atoms with Gasteiger partial charge in [0.05, 0.1) is 31.1 Å². The molecule has 0 aliphatic carbocycles. The van der Waals surface area contributed by atoms with Gasteiger partial charge in [-0.05, 0) is 43.7 Å². The fourth-order valence-corrected chi connectivity index (χ4v) is 4.41. The van der Waals surface area contributed by atoms with Crippen LogP contribution in [0.2, 0.25) is 0 Å². The average molecular weight is 407 g/mol. The Morgan fingerprint density at radius 1 is 1.10 bits per heavy atom. The largest absolute Gasteiger partial charge is 0.497 e. The number of benzene rings is 2. The van der Waals surface area contributed by atoms with Gasteiger partial charge < -0.3 is 20.5 Å². The molecule has 0 fully saturated rings. The van der Waals surface area contributed by atoms with E-state index < -0.39 is 0 Å². The van der Waals surface area contributed by atoms with E-state index in [4.69, 9.17) is 20.2 Å². The van der Waals surface area contributed by atoms with Crippen LogP contribution in [0.3, 0.4) is 0 Å². The van der Waals surface area contributed by atoms with Crippen molar-refractivity contribution in [3.8, 4) is 11.5 Å². The Morgan fingerprint density at radius 3 is 2.62 bits per heavy atom. The number of carbonyl (C=O) groups excluding carboxylic acids is 1. The standard InChI is InChI=1S/C22H21N3O3S/c1-11-7-12(2)19-13(8-11)9-15-18(23)20(29-22(15)25-19)21(26)24-16-10-14(27-3)5-6-17(16)28-4/h5-10H,23H2,1-4H3,(H,24,26). The molecular formula is C22H21N3O3S. The summed E-state index contributed by atoms with van der Waals surface area (Å²) < 4.78 is 10.6. The maximum atomic E-state index is 13.0. The van der Waals surface area contributed by atoms with Crippen LogP contribution >= 0.6 is 11.3 Å². The number of ether oxygens (including phenoxy) is 2. The highest BCUT2D eigenvalue weighted by Gasteiger charge is 2.20. The van der Waals surface area contributed by atoms with Gasteiger partial charge in [0.2, 0.25) is 0 Å². The Bertz CT molecular complexity index is 1260. The number of rotatable bonds is 4. The first kappa shape index (κ1) is 19.0. The molecule has 0 aliphatic rings. The zero-order valence-corrected chi connectivity index (χ0v) is 17.4. The van der Waals surface area contributed by atoms with E-state index in [-0.39, 0.29) is 5.91 Å². The van der Waals surface area contributed by atoms with Crippen LogP contribution in [0.25, 0.3) is 21.1 Å². The molecule has 0 saturated heterocycles. The number of amides is 1. The number of anilines is 2. The number of hydrogen-bond donors (Lipinski definition) is 2. The van der Waals surface area contributed by atoms with Gasteiger partial charge in [-0.2, -0.15) is 0 Å². The van der Waals surface area contributed by atoms with Crippen LogP contribution in [-0.4, -0.2) is 25.1 Å². The van der Waals surface area contributed by atoms with Crippen molar-refractivity contribution in [2.45, 2.75) is 13.8 Å². The average Bonchev–Trinajstić information content (AvgIpc) is 3.02. The molecule has 0 bridgehead atoms. The molecule has 0 radical (unpaired) electrons. The highest BCUT2D eigenvalue weighted by Crippen LogP contribution is 2.37. The van der Waals surface area contributed by atoms with Crippen molar-refractivity contribution in [2.24, 2.45) is 0 Å². The Labute approximate surface area is 172 Å². The summed E-state index contributed by atoms with van der Waals surface area (Å²) in [5.74, 6) is 0.840. The summed E-state index contributed by atoms with van der Waals surface area (Å²) in [6.07, 6.45) is 0. The highest BCUT2D eigenvalue weighted by molar-refractivity contribution is 7.21. The Morgan fingerprint density at radius 2 is 1.90 bits per heavy atom. The summed E-state index contributed by atoms with van der Waals surface area (Å²) in [6.45, 7) is 4.09. The molecule has 3 N–H and O–H groups in total. The van der Waals surface area contributed by atoms with Crippen LogP contribution in [0.15, 0.2) is 36.4 Å². The summed E-state index contributed by atoms with van der Waals surface area (Å²) in [6, 6.07) is 11.4. The van der Waals surface area contributed by atoms with Crippen LogP contribution in [0.5, 0.6) is 11.5 Å². The van der Waals surface area contributed by atoms with Crippen molar-refractivity contribution in [3.63, 3.8) is 0 Å². The summed E-state index contributed by atoms with van der Waals surface area (Å²) in [5, 5.41) is 4.68. The van der Waals surface area contributed by atoms with Gasteiger partial charge in [-0.25, -0.2) is 4.98 Å². The van der Waals surface area contributed by atoms with E-state index in [1.807, 2.05) is 19.9 Å². The minimum Gasteiger partial charge on any atom is -0.497 e. The fourth-order valence-electron chi connectivity index (χ4n) is 3.44. The van der Waals surface area contributed by atoms with E-state index in [1.54, 1.807) is 32.4 Å². The second-order valence-corrected chi connectivity index (χ2v) is 7.86. The SMILES string of the molecule is COc1ccc(OC)c(NC(=O)c2sc3nc4c(C)cc(C)cc4cc3c2N)c1. The number of fused-ring (bicyclic) bond motifs is 2. The molecule has 7 heteroatoms. The van der Waals surface area contributed by atoms with Gasteiger partial charge in [0.1, 0.15) is 21.2 Å². The lowest BCUT2D eigenvalue weighted by Gasteiger charge is -2.11. The quantitative estimate of drug-likeness (QED) is 0.501. The van der Waals surface area contributed by atoms with E-state index in [9.17, 15) is 4.79 Å². The molecule has 1 amide bonds. The van der Waals surface area contributed by atoms with Gasteiger partial charge in [-0.15, -0.1) is 11.3 Å². The number of aryl methyl sites for hydroxylation is 2. The first-order valence-corrected chi connectivity index (χ1v) is 9.86. The van der Waals surface area contributed by atoms with Crippen molar-refractivity contribution in [2.75, 3.05) is 25.3 Å². The normalized spacial score (nSPS) is 11.0. The van der Waals surface area contributed by atoms with Gasteiger partial charge in [0, 0.05) is 16.8 Å². The number of hydrogen-bond acceptors (Lipinski definition) is 6. The lowest BCUT2D eigenvalue weighted by atomic mass is 10.1. The maximum Gasteiger partial charge on any atom is 0.268 e. The van der Waals surface area contributed by atoms with Crippen molar-refractivity contribution >= 4 is 49.7 Å². The van der Waals surface area contributed by atoms with Crippen LogP contribution in [-0.2, 0) is 0 Å². The van der Waals surface area contributed by atoms with E-state index in [0.29, 0.717) is 27.8 Å². The van der Waals surface area contributed by atoms with E-state index >= 15 is 0 Å². The first-order chi connectivity index (χ1) is 13.9. The van der Waals surface area contributed by atoms with Crippen molar-refractivity contribution in [1.82, 2.24) is 4.98 Å². The van der Waals surface area contributed by atoms with Crippen LogP contribution in [0, 0.1) is 13.8 Å². The maximum absolute atomic E-state index is 13.0. The van der Waals surface area contributed by atoms with Gasteiger partial charge in [-0.1, -0.05) is 11.6 Å². The summed E-state index contributed by atoms with van der Waals surface area (Å²) in [5.41, 5.74) is 10.5. The summed E-state index contributed by atoms with van der Waals surface area (Å²) in [4.78, 5) is 18.9. The number of nitrogen functional groups attached to an aromatic ring is 1. The summed E-state index contributed by atoms with van der Waals surface area (Å²) >= 11 is 1.28. The molecule has 0 atom stereocenters. The first-order valence-electron chi connectivity index (χ1n) is 9.04. The molecule has 148 valence electrons. The topological polar surface area (TPSA) is 86.5 Å². The molecule has 0 saturated carbocycles. The molecule has 2 aromatic carbocycles. The molecule has 0 unspecified atom stereocenters. The van der Waals surface area contributed by atoms with E-state index in [1.165, 1.54) is 11.3 Å². The molecule has 2 aromatic heterocycles. The van der Waals surface area contributed by atoms with Crippen LogP contribution < -0.4 is 20.5 Å². The number of nitrogens with two attached hydrogens (primary N) is 1. The number of aromatic nitrogens is 1. The van der Waals surface area contributed by atoms with Crippen molar-refractivity contribution in [1.29, 1.82) is 0 Å². The third-order valence-electron chi connectivity index (χ3n) is 4.81. The lowest BCUT2D eigenvalue weighted by Crippen LogP contribution is -2.12. The van der Waals surface area contributed by atoms with Gasteiger partial charge >= 0.3 is 0 Å². The third-order valence-corrected chi connectivity index (χ3v) is 5.93. The number of nitrogens with zero attached hydrogens (tertiary/aromatic N) is 1. The Kier molecular flexibility index (Phi) is 4.76. The zero-order chi connectivity index (χ0) is 20.7. The van der Waals surface area contributed by atoms with Gasteiger partial charge in [0.25, 0.3) is 5.91 Å². The monoisotopic (exact) mass is 407 g/mol. The minimum atomic E-state index is -0.311. The molecular weight excluding hydrogens is 386 g/mol. The molecule has 6 nitrogen and oxygen atoms in total. The lowest BCUT2D eigenvalue weighted by molar-refractivity contribution is 0.103. The van der Waals surface area contributed by atoms with Crippen molar-refractivity contribution < 1.29 is 14.3 Å². The molecule has 2 heterocycles. The van der Waals surface area contributed by atoms with Gasteiger partial charge in [-0.3, -0.25) is 4.79 Å². The van der Waals surface area contributed by atoms with Gasteiger partial charge in [0.15, 0.2) is 0 Å². The second-order valence-electron chi connectivity index (χ2n) is 6.86. The molecule has 4 rings (SSSR count). The predicted molar refractivity (Wildman–Crippen MR) is 119 cm³/mol. The van der Waals surface area contributed by atoms with Crippen LogP contribution in [0.4, 0.5) is 11.4 Å². The number of nitrogens with one attached hydrogen (secondary N) is 1. The zero-order valence-electron chi connectivity index (χ0n) is 16.6. The Balaban J connectivity index is 1.78. The number of thiophene rings is 1. The predicted octanol–water partition coefficient (Wildman–Crippen LogP) is 4.92. The number of methoxy groups -OCH3 is 2. The van der Waals surface area contributed by atoms with Crippen LogP contribution in [0.1, 0.15) is 20.8 Å². The number of pyridine rings is 1. The molecule has 0 spiro atoms. The van der Waals surface area contributed by atoms with E-state index in [2.05, 4.69) is 17.4 Å². The molecule has 0 aliphatic heterocycles. The molecule has 29 heavy (non-hydrogen) atoms. The van der Waals surface area contributed by atoms with Crippen molar-refractivity contribution in [3.05, 3.63) is 52.4 Å². The van der Waals surface area contributed by atoms with E-state index in [0.717, 1.165) is 32.2 Å². The smallest absolute Gasteiger partial charge is 0.268 e. The summed E-state index contributed by atoms with van der Waals surface area (Å²) in [7, 11) is 3.11. The molecule has 4 aromatic rings.